The number of likely N-dealkylation sites (tertiary alicyclic amines) is 1. The van der Waals surface area contributed by atoms with Gasteiger partial charge in [-0.25, -0.2) is 18.7 Å². The molecule has 4 aromatic rings. The van der Waals surface area contributed by atoms with Gasteiger partial charge in [-0.2, -0.15) is 9.78 Å². The number of rotatable bonds is 9. The molecule has 45 heavy (non-hydrogen) atoms. The van der Waals surface area contributed by atoms with Gasteiger partial charge in [0.15, 0.2) is 0 Å². The summed E-state index contributed by atoms with van der Waals surface area (Å²) in [5.41, 5.74) is 1.27. The van der Waals surface area contributed by atoms with Gasteiger partial charge in [-0.15, -0.1) is 5.10 Å². The third kappa shape index (κ3) is 7.72. The Kier molecular flexibility index (Phi) is 8.94. The van der Waals surface area contributed by atoms with Crippen LogP contribution in [-0.2, 0) is 9.59 Å². The SMILES string of the molecule is O=C(O)Nc1ccc(-c2cc(C(CC(=O)N3CCC(F)(F)C3)NC(=O)C=Cc3cc(Cl)ccc3-n3cnnn3)n[nH]c2=O)cc1. The van der Waals surface area contributed by atoms with Crippen molar-refractivity contribution in [3.63, 3.8) is 0 Å². The lowest BCUT2D eigenvalue weighted by Gasteiger charge is -2.22. The number of carboxylic acid groups (broad SMARTS) is 1. The summed E-state index contributed by atoms with van der Waals surface area (Å²) >= 11 is 6.15. The van der Waals surface area contributed by atoms with Crippen LogP contribution in [-0.4, -0.2) is 77.3 Å². The summed E-state index contributed by atoms with van der Waals surface area (Å²) in [7, 11) is 0. The number of tetrazole rings is 1. The average molecular weight is 640 g/mol. The molecule has 232 valence electrons. The van der Waals surface area contributed by atoms with Crippen LogP contribution in [0.5, 0.6) is 0 Å². The Morgan fingerprint density at radius 2 is 1.93 bits per heavy atom. The number of H-pyrrole nitrogens is 1. The number of nitrogens with one attached hydrogen (secondary N) is 3. The van der Waals surface area contributed by atoms with Crippen molar-refractivity contribution in [2.45, 2.75) is 24.8 Å². The number of benzene rings is 2. The summed E-state index contributed by atoms with van der Waals surface area (Å²) in [6.45, 7) is -0.899. The largest absolute Gasteiger partial charge is 0.465 e. The van der Waals surface area contributed by atoms with Crippen LogP contribution in [0.15, 0.2) is 65.7 Å². The molecular formula is C28H24ClF2N9O5. The van der Waals surface area contributed by atoms with Crippen molar-refractivity contribution in [2.75, 3.05) is 18.4 Å². The van der Waals surface area contributed by atoms with E-state index >= 15 is 0 Å². The van der Waals surface area contributed by atoms with Crippen molar-refractivity contribution in [3.05, 3.63) is 87.6 Å². The molecule has 1 fully saturated rings. The van der Waals surface area contributed by atoms with E-state index in [2.05, 4.69) is 36.4 Å². The molecule has 1 saturated heterocycles. The van der Waals surface area contributed by atoms with Crippen LogP contribution in [0.4, 0.5) is 19.3 Å². The van der Waals surface area contributed by atoms with E-state index in [1.165, 1.54) is 53.5 Å². The molecule has 0 aliphatic carbocycles. The highest BCUT2D eigenvalue weighted by atomic mass is 35.5. The molecule has 0 bridgehead atoms. The number of hydrogen-bond acceptors (Lipinski definition) is 8. The minimum absolute atomic E-state index is 0.0792. The molecule has 2 aromatic heterocycles. The number of nitrogens with zero attached hydrogens (tertiary/aromatic N) is 6. The zero-order valence-corrected chi connectivity index (χ0v) is 23.9. The molecule has 0 radical (unpaired) electrons. The first-order chi connectivity index (χ1) is 21.5. The molecule has 1 aliphatic rings. The Morgan fingerprint density at radius 1 is 1.16 bits per heavy atom. The Morgan fingerprint density at radius 3 is 2.60 bits per heavy atom. The van der Waals surface area contributed by atoms with E-state index in [0.717, 1.165) is 4.90 Å². The van der Waals surface area contributed by atoms with Gasteiger partial charge < -0.3 is 15.3 Å². The Labute approximate surface area is 257 Å². The third-order valence-electron chi connectivity index (χ3n) is 6.84. The van der Waals surface area contributed by atoms with Crippen LogP contribution in [0.1, 0.15) is 30.1 Å². The van der Waals surface area contributed by atoms with Crippen molar-refractivity contribution < 1.29 is 28.3 Å². The van der Waals surface area contributed by atoms with Crippen molar-refractivity contribution in [1.82, 2.24) is 40.6 Å². The van der Waals surface area contributed by atoms with Gasteiger partial charge in [0.25, 0.3) is 11.5 Å². The number of anilines is 1. The maximum absolute atomic E-state index is 13.8. The number of carbonyl (C=O) groups excluding carboxylic acids is 2. The highest BCUT2D eigenvalue weighted by molar-refractivity contribution is 6.30. The minimum Gasteiger partial charge on any atom is -0.465 e. The number of aromatic amines is 1. The van der Waals surface area contributed by atoms with Crippen LogP contribution in [0.25, 0.3) is 22.9 Å². The van der Waals surface area contributed by atoms with Crippen LogP contribution in [0, 0.1) is 0 Å². The second-order valence-corrected chi connectivity index (χ2v) is 10.5. The molecule has 0 spiro atoms. The Hall–Kier alpha value is -5.51. The van der Waals surface area contributed by atoms with E-state index in [9.17, 15) is 28.0 Å². The fourth-order valence-electron chi connectivity index (χ4n) is 4.68. The first kappa shape index (κ1) is 30.9. The lowest BCUT2D eigenvalue weighted by atomic mass is 10.0. The van der Waals surface area contributed by atoms with E-state index in [1.807, 2.05) is 0 Å². The van der Waals surface area contributed by atoms with E-state index in [4.69, 9.17) is 16.7 Å². The summed E-state index contributed by atoms with van der Waals surface area (Å²) in [4.78, 5) is 50.8. The van der Waals surface area contributed by atoms with Gasteiger partial charge in [-0.05, 0) is 58.5 Å². The molecule has 0 saturated carbocycles. The van der Waals surface area contributed by atoms with E-state index in [1.54, 1.807) is 18.2 Å². The van der Waals surface area contributed by atoms with E-state index < -0.39 is 54.8 Å². The second-order valence-electron chi connectivity index (χ2n) is 10.0. The maximum atomic E-state index is 13.8. The molecule has 1 aliphatic heterocycles. The summed E-state index contributed by atoms with van der Waals surface area (Å²) in [6, 6.07) is 11.0. The first-order valence-corrected chi connectivity index (χ1v) is 13.7. The lowest BCUT2D eigenvalue weighted by Crippen LogP contribution is -2.36. The molecule has 3 heterocycles. The normalized spacial score (nSPS) is 14.8. The summed E-state index contributed by atoms with van der Waals surface area (Å²) in [5, 5.41) is 31.6. The first-order valence-electron chi connectivity index (χ1n) is 13.3. The average Bonchev–Trinajstić information content (AvgIpc) is 3.66. The smallest absolute Gasteiger partial charge is 0.409 e. The molecule has 1 atom stereocenters. The van der Waals surface area contributed by atoms with Crippen molar-refractivity contribution in [1.29, 1.82) is 0 Å². The quantitative estimate of drug-likeness (QED) is 0.199. The van der Waals surface area contributed by atoms with Gasteiger partial charge in [0.2, 0.25) is 11.8 Å². The summed E-state index contributed by atoms with van der Waals surface area (Å²) in [6.07, 6.45) is 1.83. The van der Waals surface area contributed by atoms with Crippen LogP contribution in [0.3, 0.4) is 0 Å². The number of amides is 3. The summed E-state index contributed by atoms with van der Waals surface area (Å²) < 4.78 is 29.1. The molecule has 2 aromatic carbocycles. The van der Waals surface area contributed by atoms with Crippen molar-refractivity contribution in [2.24, 2.45) is 0 Å². The lowest BCUT2D eigenvalue weighted by molar-refractivity contribution is -0.132. The number of hydrogen-bond donors (Lipinski definition) is 4. The Bertz CT molecular complexity index is 1810. The maximum Gasteiger partial charge on any atom is 0.409 e. The van der Waals surface area contributed by atoms with Gasteiger partial charge in [0, 0.05) is 35.3 Å². The molecule has 5 rings (SSSR count). The number of halogens is 3. The Balaban J connectivity index is 1.43. The standard InChI is InChI=1S/C28H24ClF2N9O5/c29-18-4-7-23(40-15-32-37-38-40)17(11-18)3-8-24(41)34-21(13-25(42)39-10-9-28(30,31)14-39)22-12-20(26(43)36-35-22)16-1-5-19(6-2-16)33-27(44)45/h1-8,11-12,15,21,33H,9-10,13-14H2,(H,34,41)(H,36,43)(H,44,45). The van der Waals surface area contributed by atoms with Crippen LogP contribution in [0.2, 0.25) is 5.02 Å². The number of alkyl halides is 2. The van der Waals surface area contributed by atoms with Crippen LogP contribution >= 0.6 is 11.6 Å². The zero-order chi connectivity index (χ0) is 32.1. The molecule has 3 amide bonds. The number of carbonyl (C=O) groups is 3. The topological polar surface area (TPSA) is 188 Å². The highest BCUT2D eigenvalue weighted by Crippen LogP contribution is 2.29. The predicted octanol–water partition coefficient (Wildman–Crippen LogP) is 3.28. The molecule has 17 heteroatoms. The van der Waals surface area contributed by atoms with Gasteiger partial charge in [0.05, 0.1) is 36.0 Å². The van der Waals surface area contributed by atoms with Gasteiger partial charge >= 0.3 is 6.09 Å². The van der Waals surface area contributed by atoms with Gasteiger partial charge in [-0.1, -0.05) is 23.7 Å². The number of aromatic nitrogens is 6. The predicted molar refractivity (Wildman–Crippen MR) is 157 cm³/mol. The third-order valence-corrected chi connectivity index (χ3v) is 7.08. The zero-order valence-electron chi connectivity index (χ0n) is 23.2. The van der Waals surface area contributed by atoms with E-state index in [0.29, 0.717) is 21.8 Å². The van der Waals surface area contributed by atoms with Crippen LogP contribution < -0.4 is 16.2 Å². The van der Waals surface area contributed by atoms with Gasteiger partial charge in [0.1, 0.15) is 6.33 Å². The molecular weight excluding hydrogens is 616 g/mol. The molecule has 1 unspecified atom stereocenters. The molecule has 14 nitrogen and oxygen atoms in total. The minimum atomic E-state index is -3.02. The van der Waals surface area contributed by atoms with Crippen molar-refractivity contribution >= 4 is 41.3 Å². The molecule has 4 N–H and O–H groups in total. The monoisotopic (exact) mass is 639 g/mol. The highest BCUT2D eigenvalue weighted by Gasteiger charge is 2.40. The van der Waals surface area contributed by atoms with E-state index in [-0.39, 0.29) is 23.5 Å². The van der Waals surface area contributed by atoms with Gasteiger partial charge in [-0.3, -0.25) is 19.7 Å². The van der Waals surface area contributed by atoms with Crippen molar-refractivity contribution in [3.8, 4) is 16.8 Å². The second kappa shape index (κ2) is 13.0. The fraction of sp³-hybridized carbons (Fsp3) is 0.214. The summed E-state index contributed by atoms with van der Waals surface area (Å²) in [5.74, 6) is -4.33. The fourth-order valence-corrected chi connectivity index (χ4v) is 4.86.